The number of hydrogen-bond donors (Lipinski definition) is 1. The number of oxime groups is 1. The molecule has 1 atom stereocenters. The molecule has 2 heterocycles. The van der Waals surface area contributed by atoms with Gasteiger partial charge in [-0.1, -0.05) is 52.6 Å². The van der Waals surface area contributed by atoms with Gasteiger partial charge in [-0.05, 0) is 48.9 Å². The molecule has 2 saturated carbocycles. The lowest BCUT2D eigenvalue weighted by Gasteiger charge is -2.51. The number of likely N-dealkylation sites (tertiary alicyclic amines) is 1. The van der Waals surface area contributed by atoms with Gasteiger partial charge in [0, 0.05) is 36.9 Å². The molecule has 224 valence electrons. The van der Waals surface area contributed by atoms with E-state index in [1.54, 1.807) is 17.0 Å². The van der Waals surface area contributed by atoms with Gasteiger partial charge in [0.1, 0.15) is 5.54 Å². The molecule has 0 radical (unpaired) electrons. The van der Waals surface area contributed by atoms with Crippen LogP contribution in [0.2, 0.25) is 10.0 Å². The van der Waals surface area contributed by atoms with E-state index in [9.17, 15) is 35.9 Å². The van der Waals surface area contributed by atoms with Crippen molar-refractivity contribution in [3.05, 3.63) is 68.7 Å². The number of alkyl halides is 6. The number of nitrogens with one attached hydrogen (secondary N) is 1. The highest BCUT2D eigenvalue weighted by molar-refractivity contribution is 6.42. The van der Waals surface area contributed by atoms with E-state index in [-0.39, 0.29) is 54.1 Å². The maximum atomic E-state index is 14.5. The fraction of sp³-hybridized carbons (Fsp3) is 0.464. The van der Waals surface area contributed by atoms with Gasteiger partial charge in [0.2, 0.25) is 11.8 Å². The Balaban J connectivity index is 1.27. The van der Waals surface area contributed by atoms with E-state index in [0.29, 0.717) is 11.6 Å². The minimum atomic E-state index is -5.17. The van der Waals surface area contributed by atoms with Gasteiger partial charge < -0.3 is 15.1 Å². The summed E-state index contributed by atoms with van der Waals surface area (Å²) in [6.07, 6.45) is -7.89. The van der Waals surface area contributed by atoms with Gasteiger partial charge in [0.25, 0.3) is 5.60 Å². The Morgan fingerprint density at radius 1 is 0.929 bits per heavy atom. The molecule has 2 aliphatic heterocycles. The zero-order valence-electron chi connectivity index (χ0n) is 21.7. The summed E-state index contributed by atoms with van der Waals surface area (Å²) in [6.45, 7) is 0.556. The smallest absolute Gasteiger partial charge is 0.374 e. The number of benzene rings is 2. The van der Waals surface area contributed by atoms with Crippen molar-refractivity contribution in [3.8, 4) is 0 Å². The fourth-order valence-corrected chi connectivity index (χ4v) is 5.87. The molecule has 14 heteroatoms. The lowest BCUT2D eigenvalue weighted by atomic mass is 9.80. The maximum absolute atomic E-state index is 14.5. The Morgan fingerprint density at radius 3 is 2.10 bits per heavy atom. The third-order valence-electron chi connectivity index (χ3n) is 8.23. The van der Waals surface area contributed by atoms with Crippen molar-refractivity contribution in [2.45, 2.75) is 55.6 Å². The van der Waals surface area contributed by atoms with E-state index in [0.717, 1.165) is 25.7 Å². The van der Waals surface area contributed by atoms with E-state index in [1.807, 2.05) is 0 Å². The lowest BCUT2D eigenvalue weighted by Crippen LogP contribution is -2.69. The highest BCUT2D eigenvalue weighted by atomic mass is 35.5. The average molecular weight is 634 g/mol. The van der Waals surface area contributed by atoms with Gasteiger partial charge in [-0.25, -0.2) is 0 Å². The SMILES string of the molecule is O=C(NC1(c2ccc(C3=NOC(c4cc(Cl)c(Cl)c(C(F)(F)F)c4)(C(F)(F)F)C3)cc2)CN(C(=O)C2CC2)C1)C1CC1. The Bertz CT molecular complexity index is 1480. The number of rotatable bonds is 6. The maximum Gasteiger partial charge on any atom is 0.435 e. The van der Waals surface area contributed by atoms with Gasteiger partial charge in [0.15, 0.2) is 0 Å². The monoisotopic (exact) mass is 633 g/mol. The summed E-state index contributed by atoms with van der Waals surface area (Å²) in [6, 6.07) is 7.27. The highest BCUT2D eigenvalue weighted by Gasteiger charge is 2.63. The summed E-state index contributed by atoms with van der Waals surface area (Å²) >= 11 is 11.5. The third-order valence-corrected chi connectivity index (χ3v) is 9.03. The first kappa shape index (κ1) is 29.1. The number of carbonyl (C=O) groups is 2. The van der Waals surface area contributed by atoms with Crippen LogP contribution in [-0.2, 0) is 31.7 Å². The molecule has 6 nitrogen and oxygen atoms in total. The van der Waals surface area contributed by atoms with Gasteiger partial charge in [0.05, 0.1) is 21.3 Å². The Hall–Kier alpha value is -2.99. The quantitative estimate of drug-likeness (QED) is 0.366. The van der Waals surface area contributed by atoms with E-state index in [4.69, 9.17) is 28.0 Å². The predicted molar refractivity (Wildman–Crippen MR) is 140 cm³/mol. The molecule has 6 rings (SSSR count). The van der Waals surface area contributed by atoms with Crippen LogP contribution in [0.4, 0.5) is 26.3 Å². The zero-order chi connectivity index (χ0) is 30.2. The molecule has 0 aromatic heterocycles. The minimum absolute atomic E-state index is 0.0153. The van der Waals surface area contributed by atoms with Crippen LogP contribution in [0.3, 0.4) is 0 Å². The van der Waals surface area contributed by atoms with E-state index in [1.165, 1.54) is 12.1 Å². The molecule has 2 aromatic carbocycles. The molecule has 0 bridgehead atoms. The minimum Gasteiger partial charge on any atom is -0.374 e. The summed E-state index contributed by atoms with van der Waals surface area (Å²) in [5.74, 6) is -0.128. The van der Waals surface area contributed by atoms with Gasteiger partial charge >= 0.3 is 12.4 Å². The standard InChI is InChI=1S/C28H23Cl2F6N3O3/c29-20-10-18(9-19(22(20)30)27(31,32)33)26(28(34,35)36)11-21(38-42-26)14-5-7-17(8-6-14)25(37-23(40)15-1-2-15)12-39(13-25)24(41)16-3-4-16/h5-10,15-16H,1-4,11-13H2,(H,37,40). The fourth-order valence-electron chi connectivity index (χ4n) is 5.44. The van der Waals surface area contributed by atoms with E-state index < -0.39 is 51.1 Å². The second-order valence-corrected chi connectivity index (χ2v) is 12.1. The van der Waals surface area contributed by atoms with Gasteiger partial charge in [-0.2, -0.15) is 26.3 Å². The molecule has 0 spiro atoms. The molecule has 4 aliphatic rings. The van der Waals surface area contributed by atoms with E-state index in [2.05, 4.69) is 10.5 Å². The van der Waals surface area contributed by atoms with Crippen molar-refractivity contribution >= 4 is 40.7 Å². The molecule has 42 heavy (non-hydrogen) atoms. The van der Waals surface area contributed by atoms with Crippen molar-refractivity contribution in [1.29, 1.82) is 0 Å². The van der Waals surface area contributed by atoms with Crippen molar-refractivity contribution in [2.24, 2.45) is 17.0 Å². The highest BCUT2D eigenvalue weighted by Crippen LogP contribution is 2.51. The van der Waals surface area contributed by atoms with Crippen molar-refractivity contribution in [1.82, 2.24) is 10.2 Å². The van der Waals surface area contributed by atoms with Crippen LogP contribution in [0.15, 0.2) is 41.6 Å². The summed E-state index contributed by atoms with van der Waals surface area (Å²) in [4.78, 5) is 31.8. The first-order valence-corrected chi connectivity index (χ1v) is 14.0. The molecule has 2 amide bonds. The van der Waals surface area contributed by atoms with Crippen LogP contribution >= 0.6 is 23.2 Å². The first-order valence-electron chi connectivity index (χ1n) is 13.2. The molecular weight excluding hydrogens is 611 g/mol. The van der Waals surface area contributed by atoms with Crippen molar-refractivity contribution in [2.75, 3.05) is 13.1 Å². The van der Waals surface area contributed by atoms with E-state index >= 15 is 0 Å². The predicted octanol–water partition coefficient (Wildman–Crippen LogP) is 6.57. The normalized spacial score (nSPS) is 23.6. The second kappa shape index (κ2) is 9.77. The molecule has 1 N–H and O–H groups in total. The Morgan fingerprint density at radius 2 is 1.55 bits per heavy atom. The van der Waals surface area contributed by atoms with Crippen LogP contribution in [-0.4, -0.2) is 41.7 Å². The topological polar surface area (TPSA) is 71.0 Å². The lowest BCUT2D eigenvalue weighted by molar-refractivity contribution is -0.276. The van der Waals surface area contributed by atoms with Gasteiger partial charge in [-0.3, -0.25) is 9.59 Å². The van der Waals surface area contributed by atoms with Crippen LogP contribution < -0.4 is 5.32 Å². The van der Waals surface area contributed by atoms with Crippen LogP contribution in [0.1, 0.15) is 54.4 Å². The van der Waals surface area contributed by atoms with Crippen molar-refractivity contribution in [3.63, 3.8) is 0 Å². The third kappa shape index (κ3) is 5.00. The number of halogens is 8. The molecule has 3 fully saturated rings. The summed E-state index contributed by atoms with van der Waals surface area (Å²) in [5.41, 5.74) is -5.70. The summed E-state index contributed by atoms with van der Waals surface area (Å²) < 4.78 is 83.9. The molecule has 1 saturated heterocycles. The van der Waals surface area contributed by atoms with Gasteiger partial charge in [-0.15, -0.1) is 0 Å². The molecule has 2 aliphatic carbocycles. The summed E-state index contributed by atoms with van der Waals surface area (Å²) in [7, 11) is 0. The number of nitrogens with zero attached hydrogens (tertiary/aromatic N) is 2. The van der Waals surface area contributed by atoms with Crippen LogP contribution in [0.25, 0.3) is 0 Å². The molecule has 2 aromatic rings. The molecule has 1 unspecified atom stereocenters. The summed E-state index contributed by atoms with van der Waals surface area (Å²) in [5, 5.41) is 5.07. The number of carbonyl (C=O) groups excluding carboxylic acids is 2. The van der Waals surface area contributed by atoms with Crippen LogP contribution in [0, 0.1) is 11.8 Å². The number of hydrogen-bond acceptors (Lipinski definition) is 4. The first-order chi connectivity index (χ1) is 19.6. The second-order valence-electron chi connectivity index (χ2n) is 11.3. The van der Waals surface area contributed by atoms with Crippen molar-refractivity contribution < 1.29 is 40.8 Å². The Kier molecular flexibility index (Phi) is 6.77. The zero-order valence-corrected chi connectivity index (χ0v) is 23.2. The average Bonchev–Trinajstić information content (AvgIpc) is 3.83. The number of amides is 2. The Labute approximate surface area is 245 Å². The largest absolute Gasteiger partial charge is 0.435 e. The van der Waals surface area contributed by atoms with Crippen LogP contribution in [0.5, 0.6) is 0 Å². The molecular formula is C28H23Cl2F6N3O3.